The zero-order valence-corrected chi connectivity index (χ0v) is 18.8. The molecule has 4 heteroatoms. The highest BCUT2D eigenvalue weighted by atomic mass is 35.5. The molecule has 0 bridgehead atoms. The summed E-state index contributed by atoms with van der Waals surface area (Å²) < 4.78 is 15.3. The van der Waals surface area contributed by atoms with Crippen molar-refractivity contribution in [2.24, 2.45) is 10.8 Å². The second-order valence-electron chi connectivity index (χ2n) is 9.48. The molecule has 1 fully saturated rings. The average Bonchev–Trinajstić information content (AvgIpc) is 2.94. The molecule has 0 N–H and O–H groups in total. The van der Waals surface area contributed by atoms with Crippen molar-refractivity contribution in [3.05, 3.63) is 78.0 Å². The molecule has 2 aromatic carbocycles. The van der Waals surface area contributed by atoms with Gasteiger partial charge < -0.3 is 0 Å². The molecule has 3 heterocycles. The van der Waals surface area contributed by atoms with Crippen LogP contribution in [-0.4, -0.2) is 16.7 Å². The van der Waals surface area contributed by atoms with E-state index in [0.717, 1.165) is 16.4 Å². The molecule has 0 unspecified atom stereocenters. The number of pyridine rings is 2. The van der Waals surface area contributed by atoms with Crippen molar-refractivity contribution in [1.29, 1.82) is 0 Å². The van der Waals surface area contributed by atoms with Crippen LogP contribution in [0.1, 0.15) is 30.4 Å². The van der Waals surface area contributed by atoms with Gasteiger partial charge in [-0.2, -0.15) is 0 Å². The zero-order valence-electron chi connectivity index (χ0n) is 20.0. The minimum Gasteiger partial charge on any atom is -0.256 e. The Hall–Kier alpha value is -2.39. The number of aromatic nitrogens is 2. The topological polar surface area (TPSA) is 25.8 Å². The van der Waals surface area contributed by atoms with Gasteiger partial charge in [-0.25, -0.2) is 0 Å². The van der Waals surface area contributed by atoms with Crippen LogP contribution in [0, 0.1) is 10.8 Å². The molecular weight excluding hydrogens is 387 g/mol. The van der Waals surface area contributed by atoms with E-state index in [1.165, 1.54) is 23.5 Å². The van der Waals surface area contributed by atoms with E-state index < -0.39 is 0 Å². The minimum absolute atomic E-state index is 0.207. The summed E-state index contributed by atoms with van der Waals surface area (Å²) >= 11 is 5.90. The van der Waals surface area contributed by atoms with Crippen molar-refractivity contribution < 1.29 is 2.74 Å². The van der Waals surface area contributed by atoms with Crippen molar-refractivity contribution >= 4 is 45.6 Å². The normalized spacial score (nSPS) is 18.0. The largest absolute Gasteiger partial charge is 0.256 e. The molecule has 30 heavy (non-hydrogen) atoms. The summed E-state index contributed by atoms with van der Waals surface area (Å²) in [5.41, 5.74) is 3.72. The van der Waals surface area contributed by atoms with Crippen molar-refractivity contribution in [1.82, 2.24) is 9.97 Å². The molecule has 0 atom stereocenters. The first-order valence-corrected chi connectivity index (χ1v) is 10.8. The number of fused-ring (bicyclic) bond motifs is 2. The summed E-state index contributed by atoms with van der Waals surface area (Å²) in [5.74, 6) is 0. The third-order valence-electron chi connectivity index (χ3n) is 6.94. The van der Waals surface area contributed by atoms with E-state index in [0.29, 0.717) is 28.7 Å². The van der Waals surface area contributed by atoms with E-state index in [-0.39, 0.29) is 6.17 Å². The summed E-state index contributed by atoms with van der Waals surface area (Å²) in [6.45, 7) is 10.0. The summed E-state index contributed by atoms with van der Waals surface area (Å²) in [5, 5.41) is 2.71. The fraction of sp³-hybridized carbons (Fsp3) is 0.308. The van der Waals surface area contributed by atoms with Gasteiger partial charge in [0.1, 0.15) is 0 Å². The first kappa shape index (κ1) is 18.4. The van der Waals surface area contributed by atoms with Gasteiger partial charge in [0.25, 0.3) is 0 Å². The molecular formula is C26H28BClN2. The predicted octanol–water partition coefficient (Wildman–Crippen LogP) is 6.89. The van der Waals surface area contributed by atoms with Crippen LogP contribution in [0.25, 0.3) is 21.8 Å². The van der Waals surface area contributed by atoms with Crippen LogP contribution in [0.3, 0.4) is 0 Å². The molecule has 5 rings (SSSR count). The Morgan fingerprint density at radius 2 is 1.27 bits per heavy atom. The van der Waals surface area contributed by atoms with Crippen molar-refractivity contribution in [3.63, 3.8) is 0 Å². The zero-order chi connectivity index (χ0) is 23.1. The van der Waals surface area contributed by atoms with Crippen LogP contribution in [0.4, 0.5) is 0 Å². The van der Waals surface area contributed by atoms with Crippen LogP contribution in [0.2, 0.25) is 17.7 Å². The molecule has 2 nitrogen and oxygen atoms in total. The summed E-state index contributed by atoms with van der Waals surface area (Å²) in [6.07, 6.45) is 2.97. The van der Waals surface area contributed by atoms with E-state index >= 15 is 0 Å². The first-order valence-electron chi connectivity index (χ1n) is 11.5. The number of benzene rings is 2. The smallest absolute Gasteiger partial charge is 0.177 e. The van der Waals surface area contributed by atoms with Crippen LogP contribution < -0.4 is 5.46 Å². The third-order valence-corrected chi connectivity index (χ3v) is 7.26. The summed E-state index contributed by atoms with van der Waals surface area (Å²) in [4.78, 5) is 8.37. The fourth-order valence-corrected chi connectivity index (χ4v) is 4.70. The second-order valence-corrected chi connectivity index (χ2v) is 9.89. The van der Waals surface area contributed by atoms with E-state index in [1.54, 1.807) is 6.07 Å². The number of hydrogen-bond acceptors (Lipinski definition) is 2. The Labute approximate surface area is 187 Å². The van der Waals surface area contributed by atoms with Crippen LogP contribution in [0.15, 0.2) is 73.0 Å². The van der Waals surface area contributed by atoms with E-state index in [2.05, 4.69) is 49.8 Å². The molecule has 0 saturated carbocycles. The molecule has 2 aromatic heterocycles. The van der Waals surface area contributed by atoms with E-state index in [1.807, 2.05) is 42.5 Å². The Morgan fingerprint density at radius 1 is 0.767 bits per heavy atom. The van der Waals surface area contributed by atoms with Gasteiger partial charge in [-0.15, -0.1) is 0 Å². The molecule has 1 aliphatic heterocycles. The number of para-hydroxylation sites is 2. The van der Waals surface area contributed by atoms with Gasteiger partial charge in [-0.1, -0.05) is 93.8 Å². The lowest BCUT2D eigenvalue weighted by molar-refractivity contribution is 0.177. The Bertz CT molecular complexity index is 1270. The summed E-state index contributed by atoms with van der Waals surface area (Å²) in [6, 6.07) is 19.3. The highest BCUT2D eigenvalue weighted by Gasteiger charge is 2.48. The minimum atomic E-state index is 0.207. The lowest BCUT2D eigenvalue weighted by atomic mass is 9.41. The molecule has 4 aromatic rings. The van der Waals surface area contributed by atoms with Gasteiger partial charge in [0.15, 0.2) is 6.71 Å². The highest BCUT2D eigenvalue weighted by molar-refractivity contribution is 6.76. The number of hydrogen-bond donors (Lipinski definition) is 0. The maximum Gasteiger partial charge on any atom is 0.177 e. The Balaban J connectivity index is 0.000000174. The van der Waals surface area contributed by atoms with Crippen molar-refractivity contribution in [2.75, 3.05) is 0 Å². The SMILES string of the molecule is [2H]c1cc(B2CC(C)(C)C(C)(C)C2)c2ccccc2n1.[2H]c1cc(Cl)c2ccccc2n1. The maximum atomic E-state index is 7.97. The fourth-order valence-electron chi connectivity index (χ4n) is 4.49. The quantitative estimate of drug-likeness (QED) is 0.316. The van der Waals surface area contributed by atoms with Gasteiger partial charge in [0.2, 0.25) is 0 Å². The highest BCUT2D eigenvalue weighted by Crippen LogP contribution is 2.52. The molecule has 1 saturated heterocycles. The second kappa shape index (κ2) is 8.04. The number of rotatable bonds is 1. The molecule has 0 aliphatic carbocycles. The van der Waals surface area contributed by atoms with Gasteiger partial charge in [0, 0.05) is 17.7 Å². The van der Waals surface area contributed by atoms with Gasteiger partial charge in [-0.3, -0.25) is 9.97 Å². The van der Waals surface area contributed by atoms with Crippen molar-refractivity contribution in [3.8, 4) is 0 Å². The standard InChI is InChI=1S/C17H22BN.C9H6ClN/c1-16(2)11-18(12-17(16,3)4)14-9-10-19-15-8-6-5-7-13(14)15;10-8-5-6-11-9-4-2-1-3-7(8)9/h5-10H,11-12H2,1-4H3;1-6H/i10D;6D. The average molecular weight is 417 g/mol. The van der Waals surface area contributed by atoms with Crippen LogP contribution in [0.5, 0.6) is 0 Å². The summed E-state index contributed by atoms with van der Waals surface area (Å²) in [7, 11) is 0. The number of nitrogens with zero attached hydrogens (tertiary/aromatic N) is 2. The molecule has 152 valence electrons. The lowest BCUT2D eigenvalue weighted by Crippen LogP contribution is -2.28. The Kier molecular flexibility index (Phi) is 4.93. The van der Waals surface area contributed by atoms with Gasteiger partial charge >= 0.3 is 0 Å². The predicted molar refractivity (Wildman–Crippen MR) is 131 cm³/mol. The molecule has 0 radical (unpaired) electrons. The van der Waals surface area contributed by atoms with Gasteiger partial charge in [-0.05, 0) is 40.5 Å². The monoisotopic (exact) mass is 416 g/mol. The molecule has 0 spiro atoms. The maximum absolute atomic E-state index is 7.97. The lowest BCUT2D eigenvalue weighted by Gasteiger charge is -2.35. The Morgan fingerprint density at radius 3 is 1.90 bits per heavy atom. The van der Waals surface area contributed by atoms with Crippen LogP contribution >= 0.6 is 11.6 Å². The van der Waals surface area contributed by atoms with E-state index in [9.17, 15) is 0 Å². The third kappa shape index (κ3) is 3.96. The van der Waals surface area contributed by atoms with E-state index in [4.69, 9.17) is 14.3 Å². The molecule has 0 amide bonds. The molecule has 1 aliphatic rings. The number of halogens is 1. The van der Waals surface area contributed by atoms with Crippen molar-refractivity contribution in [2.45, 2.75) is 40.3 Å². The van der Waals surface area contributed by atoms with Crippen LogP contribution in [-0.2, 0) is 0 Å². The van der Waals surface area contributed by atoms with Gasteiger partial charge in [0.05, 0.1) is 18.8 Å². The first-order chi connectivity index (χ1) is 15.1.